The van der Waals surface area contributed by atoms with Gasteiger partial charge in [-0.15, -0.1) is 11.8 Å². The molecule has 0 unspecified atom stereocenters. The second kappa shape index (κ2) is 8.37. The third kappa shape index (κ3) is 4.50. The Labute approximate surface area is 187 Å². The number of ether oxygens (including phenoxy) is 1. The van der Waals surface area contributed by atoms with Gasteiger partial charge in [-0.1, -0.05) is 56.6 Å². The summed E-state index contributed by atoms with van der Waals surface area (Å²) in [6, 6.07) is 23.5. The van der Waals surface area contributed by atoms with E-state index < -0.39 is 0 Å². The first kappa shape index (κ1) is 20.8. The minimum absolute atomic E-state index is 0.0189. The highest BCUT2D eigenvalue weighted by Gasteiger charge is 2.34. The van der Waals surface area contributed by atoms with Gasteiger partial charge in [-0.2, -0.15) is 0 Å². The van der Waals surface area contributed by atoms with Crippen LogP contribution in [0.4, 0.5) is 5.69 Å². The second-order valence-corrected chi connectivity index (χ2v) is 9.85. The third-order valence-electron chi connectivity index (χ3n) is 5.09. The maximum atomic E-state index is 12.7. The lowest BCUT2D eigenvalue weighted by Crippen LogP contribution is -2.27. The zero-order valence-corrected chi connectivity index (χ0v) is 18.8. The van der Waals surface area contributed by atoms with E-state index in [-0.39, 0.29) is 16.7 Å². The summed E-state index contributed by atoms with van der Waals surface area (Å²) in [4.78, 5) is 14.5. The first-order valence-electron chi connectivity index (χ1n) is 9.89. The molecule has 1 saturated heterocycles. The smallest absolute Gasteiger partial charge is 0.238 e. The second-order valence-electron chi connectivity index (χ2n) is 8.35. The van der Waals surface area contributed by atoms with Gasteiger partial charge in [0.1, 0.15) is 16.9 Å². The van der Waals surface area contributed by atoms with Crippen LogP contribution in [0, 0.1) is 0 Å². The molecule has 0 aromatic heterocycles. The van der Waals surface area contributed by atoms with Crippen LogP contribution in [0.5, 0.6) is 11.5 Å². The van der Waals surface area contributed by atoms with Crippen molar-refractivity contribution in [1.29, 1.82) is 0 Å². The van der Waals surface area contributed by atoms with Crippen LogP contribution in [0.2, 0.25) is 5.02 Å². The summed E-state index contributed by atoms with van der Waals surface area (Å²) in [7, 11) is 0. The molecule has 1 aliphatic heterocycles. The average molecular weight is 438 g/mol. The molecule has 0 aliphatic carbocycles. The number of thioether (sulfide) groups is 1. The topological polar surface area (TPSA) is 29.5 Å². The summed E-state index contributed by atoms with van der Waals surface area (Å²) in [5.41, 5.74) is 3.41. The molecule has 5 heteroatoms. The Morgan fingerprint density at radius 2 is 1.47 bits per heavy atom. The number of hydrogen-bond acceptors (Lipinski definition) is 3. The van der Waals surface area contributed by atoms with Crippen molar-refractivity contribution >= 4 is 35.0 Å². The molecule has 1 atom stereocenters. The summed E-state index contributed by atoms with van der Waals surface area (Å²) in [5, 5.41) is 0.652. The summed E-state index contributed by atoms with van der Waals surface area (Å²) >= 11 is 7.58. The van der Waals surface area contributed by atoms with E-state index in [0.717, 1.165) is 17.0 Å². The van der Waals surface area contributed by atoms with Crippen molar-refractivity contribution in [2.24, 2.45) is 0 Å². The molecule has 4 rings (SSSR count). The van der Waals surface area contributed by atoms with E-state index in [0.29, 0.717) is 16.5 Å². The molecular formula is C25H24ClNO2S. The van der Waals surface area contributed by atoms with Crippen molar-refractivity contribution in [3.05, 3.63) is 88.9 Å². The summed E-state index contributed by atoms with van der Waals surface area (Å²) in [6.45, 7) is 6.61. The third-order valence-corrected chi connectivity index (χ3v) is 6.56. The molecule has 1 heterocycles. The molecule has 1 fully saturated rings. The Bertz CT molecular complexity index is 1020. The number of carbonyl (C=O) groups is 1. The van der Waals surface area contributed by atoms with E-state index in [9.17, 15) is 4.79 Å². The molecular weight excluding hydrogens is 414 g/mol. The van der Waals surface area contributed by atoms with E-state index in [1.807, 2.05) is 41.3 Å². The fraction of sp³-hybridized carbons (Fsp3) is 0.240. The van der Waals surface area contributed by atoms with Crippen LogP contribution < -0.4 is 9.64 Å². The predicted octanol–water partition coefficient (Wildman–Crippen LogP) is 7.21. The fourth-order valence-electron chi connectivity index (χ4n) is 3.41. The van der Waals surface area contributed by atoms with E-state index in [2.05, 4.69) is 45.0 Å². The van der Waals surface area contributed by atoms with Crippen molar-refractivity contribution in [2.75, 3.05) is 10.7 Å². The van der Waals surface area contributed by atoms with Gasteiger partial charge < -0.3 is 4.74 Å². The number of nitrogens with zero attached hydrogens (tertiary/aromatic N) is 1. The SMILES string of the molecule is CC(C)(C)c1ccc([C@@H]2SCC(=O)N2c2ccc(Oc3ccc(Cl)cc3)cc2)cc1. The lowest BCUT2D eigenvalue weighted by atomic mass is 9.86. The Hall–Kier alpha value is -2.43. The molecule has 154 valence electrons. The Morgan fingerprint density at radius 1 is 0.900 bits per heavy atom. The number of anilines is 1. The van der Waals surface area contributed by atoms with E-state index in [1.165, 1.54) is 5.56 Å². The van der Waals surface area contributed by atoms with Gasteiger partial charge in [0.25, 0.3) is 0 Å². The number of hydrogen-bond donors (Lipinski definition) is 0. The van der Waals surface area contributed by atoms with E-state index in [1.54, 1.807) is 23.9 Å². The normalized spacial score (nSPS) is 16.7. The van der Waals surface area contributed by atoms with Gasteiger partial charge in [-0.25, -0.2) is 0 Å². The lowest BCUT2D eigenvalue weighted by Gasteiger charge is -2.26. The van der Waals surface area contributed by atoms with Crippen molar-refractivity contribution in [3.63, 3.8) is 0 Å². The first-order valence-corrected chi connectivity index (χ1v) is 11.3. The first-order chi connectivity index (χ1) is 14.3. The molecule has 30 heavy (non-hydrogen) atoms. The molecule has 3 aromatic carbocycles. The molecule has 0 spiro atoms. The van der Waals surface area contributed by atoms with Gasteiger partial charge in [0.15, 0.2) is 0 Å². The van der Waals surface area contributed by atoms with Gasteiger partial charge in [-0.3, -0.25) is 9.69 Å². The predicted molar refractivity (Wildman–Crippen MR) is 126 cm³/mol. The highest BCUT2D eigenvalue weighted by Crippen LogP contribution is 2.42. The summed E-state index contributed by atoms with van der Waals surface area (Å²) < 4.78 is 5.87. The molecule has 0 N–H and O–H groups in total. The quantitative estimate of drug-likeness (QED) is 0.431. The van der Waals surface area contributed by atoms with Crippen LogP contribution in [0.15, 0.2) is 72.8 Å². The fourth-order valence-corrected chi connectivity index (χ4v) is 4.71. The number of rotatable bonds is 4. The van der Waals surface area contributed by atoms with E-state index in [4.69, 9.17) is 16.3 Å². The maximum Gasteiger partial charge on any atom is 0.238 e. The minimum Gasteiger partial charge on any atom is -0.457 e. The molecule has 3 nitrogen and oxygen atoms in total. The minimum atomic E-state index is -0.0189. The largest absolute Gasteiger partial charge is 0.457 e. The molecule has 0 radical (unpaired) electrons. The van der Waals surface area contributed by atoms with Crippen LogP contribution >= 0.6 is 23.4 Å². The zero-order valence-electron chi connectivity index (χ0n) is 17.3. The average Bonchev–Trinajstić information content (AvgIpc) is 3.11. The highest BCUT2D eigenvalue weighted by atomic mass is 35.5. The van der Waals surface area contributed by atoms with Crippen molar-refractivity contribution < 1.29 is 9.53 Å². The van der Waals surface area contributed by atoms with Gasteiger partial charge in [-0.05, 0) is 65.1 Å². The molecule has 3 aromatic rings. The summed E-state index contributed by atoms with van der Waals surface area (Å²) in [6.07, 6.45) is 0. The Kier molecular flexibility index (Phi) is 5.81. The van der Waals surface area contributed by atoms with Crippen LogP contribution in [0.25, 0.3) is 0 Å². The Morgan fingerprint density at radius 3 is 2.03 bits per heavy atom. The van der Waals surface area contributed by atoms with Crippen molar-refractivity contribution in [1.82, 2.24) is 0 Å². The molecule has 1 amide bonds. The van der Waals surface area contributed by atoms with Crippen molar-refractivity contribution in [2.45, 2.75) is 31.6 Å². The Balaban J connectivity index is 1.54. The molecule has 1 aliphatic rings. The molecule has 0 bridgehead atoms. The van der Waals surface area contributed by atoms with Crippen LogP contribution in [0.3, 0.4) is 0 Å². The maximum absolute atomic E-state index is 12.7. The van der Waals surface area contributed by atoms with Crippen molar-refractivity contribution in [3.8, 4) is 11.5 Å². The summed E-state index contributed by atoms with van der Waals surface area (Å²) in [5.74, 6) is 2.04. The zero-order chi connectivity index (χ0) is 21.3. The lowest BCUT2D eigenvalue weighted by molar-refractivity contribution is -0.115. The number of carbonyl (C=O) groups excluding carboxylic acids is 1. The van der Waals surface area contributed by atoms with Gasteiger partial charge in [0.05, 0.1) is 5.75 Å². The number of amides is 1. The van der Waals surface area contributed by atoms with Gasteiger partial charge in [0.2, 0.25) is 5.91 Å². The standard InChI is InChI=1S/C25H24ClNO2S/c1-25(2,3)18-6-4-17(5-7-18)24-27(23(28)16-30-24)20-10-14-22(15-11-20)29-21-12-8-19(26)9-13-21/h4-15,24H,16H2,1-3H3/t24-/m0/s1. The van der Waals surface area contributed by atoms with Gasteiger partial charge in [0, 0.05) is 10.7 Å². The van der Waals surface area contributed by atoms with Gasteiger partial charge >= 0.3 is 0 Å². The van der Waals surface area contributed by atoms with E-state index >= 15 is 0 Å². The number of halogens is 1. The monoisotopic (exact) mass is 437 g/mol. The van der Waals surface area contributed by atoms with Crippen LogP contribution in [-0.2, 0) is 10.2 Å². The van der Waals surface area contributed by atoms with Crippen LogP contribution in [-0.4, -0.2) is 11.7 Å². The molecule has 0 saturated carbocycles. The van der Waals surface area contributed by atoms with Crippen LogP contribution in [0.1, 0.15) is 37.3 Å². The number of benzene rings is 3. The highest BCUT2D eigenvalue weighted by molar-refractivity contribution is 8.00.